The van der Waals surface area contributed by atoms with Gasteiger partial charge in [-0.1, -0.05) is 6.07 Å². The molecular weight excluding hydrogens is 332 g/mol. The number of carbonyl (C=O) groups is 1. The van der Waals surface area contributed by atoms with Gasteiger partial charge in [0.05, 0.1) is 13.0 Å². The Kier molecular flexibility index (Phi) is 3.97. The van der Waals surface area contributed by atoms with E-state index in [1.54, 1.807) is 0 Å². The topological polar surface area (TPSA) is 55.6 Å². The number of halogens is 1. The Morgan fingerprint density at radius 1 is 1.43 bits per heavy atom. The van der Waals surface area contributed by atoms with Crippen molar-refractivity contribution in [1.29, 1.82) is 0 Å². The van der Waals surface area contributed by atoms with Crippen molar-refractivity contribution in [3.8, 4) is 0 Å². The molecule has 0 aliphatic carbocycles. The van der Waals surface area contributed by atoms with E-state index in [0.717, 1.165) is 23.0 Å². The van der Waals surface area contributed by atoms with Crippen LogP contribution in [0.15, 0.2) is 22.7 Å². The molecule has 0 saturated carbocycles. The van der Waals surface area contributed by atoms with E-state index in [0.29, 0.717) is 6.04 Å². The molecule has 1 aromatic carbocycles. The predicted octanol–water partition coefficient (Wildman–Crippen LogP) is 2.77. The van der Waals surface area contributed by atoms with Crippen molar-refractivity contribution in [1.82, 2.24) is 4.90 Å². The lowest BCUT2D eigenvalue weighted by atomic mass is 9.76. The minimum atomic E-state index is -0.0925. The van der Waals surface area contributed by atoms with Crippen LogP contribution >= 0.6 is 15.9 Å². The molecule has 21 heavy (non-hydrogen) atoms. The molecule has 2 N–H and O–H groups in total. The minimum absolute atomic E-state index is 0.0886. The molecule has 0 spiro atoms. The highest BCUT2D eigenvalue weighted by molar-refractivity contribution is 9.10. The van der Waals surface area contributed by atoms with Gasteiger partial charge in [0.25, 0.3) is 0 Å². The van der Waals surface area contributed by atoms with Gasteiger partial charge in [0.2, 0.25) is 0 Å². The van der Waals surface area contributed by atoms with Crippen LogP contribution in [0.4, 0.5) is 5.69 Å². The molecule has 4 atom stereocenters. The van der Waals surface area contributed by atoms with Gasteiger partial charge in [-0.05, 0) is 59.9 Å². The van der Waals surface area contributed by atoms with Gasteiger partial charge < -0.3 is 10.5 Å². The number of ether oxygens (including phenoxy) is 1. The molecule has 5 heteroatoms. The van der Waals surface area contributed by atoms with Crippen LogP contribution in [0.3, 0.4) is 0 Å². The second kappa shape index (κ2) is 5.61. The number of methoxy groups -OCH3 is 1. The van der Waals surface area contributed by atoms with E-state index in [1.165, 1.54) is 19.1 Å². The van der Waals surface area contributed by atoms with Gasteiger partial charge in [-0.25, -0.2) is 0 Å². The summed E-state index contributed by atoms with van der Waals surface area (Å²) in [6, 6.07) is 6.87. The van der Waals surface area contributed by atoms with Crippen LogP contribution in [0.25, 0.3) is 0 Å². The van der Waals surface area contributed by atoms with Gasteiger partial charge in [-0.15, -0.1) is 0 Å². The minimum Gasteiger partial charge on any atom is -0.469 e. The lowest BCUT2D eigenvalue weighted by Gasteiger charge is -2.41. The Morgan fingerprint density at radius 2 is 2.19 bits per heavy atom. The Hall–Kier alpha value is -1.07. The number of fused-ring (bicyclic) bond motifs is 2. The molecule has 114 valence electrons. The summed E-state index contributed by atoms with van der Waals surface area (Å²) in [5.41, 5.74) is 7.78. The summed E-state index contributed by atoms with van der Waals surface area (Å²) in [6.45, 7) is 0. The maximum absolute atomic E-state index is 12.4. The number of hydrogen-bond donors (Lipinski definition) is 1. The van der Waals surface area contributed by atoms with E-state index in [1.807, 2.05) is 12.1 Å². The molecule has 2 heterocycles. The number of nitrogen functional groups attached to an aromatic ring is 1. The zero-order valence-electron chi connectivity index (χ0n) is 12.4. The predicted molar refractivity (Wildman–Crippen MR) is 86.0 cm³/mol. The van der Waals surface area contributed by atoms with Crippen LogP contribution in [0.2, 0.25) is 0 Å². The maximum atomic E-state index is 12.4. The first-order valence-electron chi connectivity index (χ1n) is 7.37. The van der Waals surface area contributed by atoms with Crippen LogP contribution in [-0.4, -0.2) is 37.1 Å². The second-order valence-electron chi connectivity index (χ2n) is 6.14. The number of hydrogen-bond acceptors (Lipinski definition) is 4. The lowest BCUT2D eigenvalue weighted by Crippen LogP contribution is -2.49. The number of piperidine rings is 1. The molecule has 2 fully saturated rings. The van der Waals surface area contributed by atoms with E-state index < -0.39 is 0 Å². The second-order valence-corrected chi connectivity index (χ2v) is 6.99. The van der Waals surface area contributed by atoms with Crippen molar-refractivity contribution in [2.75, 3.05) is 19.9 Å². The first-order valence-corrected chi connectivity index (χ1v) is 8.17. The molecule has 1 aromatic rings. The summed E-state index contributed by atoms with van der Waals surface area (Å²) in [5, 5.41) is 0. The fourth-order valence-electron chi connectivity index (χ4n) is 4.04. The summed E-state index contributed by atoms with van der Waals surface area (Å²) >= 11 is 3.49. The van der Waals surface area contributed by atoms with Gasteiger partial charge in [0.1, 0.15) is 0 Å². The summed E-state index contributed by atoms with van der Waals surface area (Å²) in [4.78, 5) is 14.7. The molecule has 2 bridgehead atoms. The summed E-state index contributed by atoms with van der Waals surface area (Å²) in [7, 11) is 3.62. The maximum Gasteiger partial charge on any atom is 0.310 e. The van der Waals surface area contributed by atoms with E-state index in [-0.39, 0.29) is 23.8 Å². The quantitative estimate of drug-likeness (QED) is 0.656. The van der Waals surface area contributed by atoms with Crippen molar-refractivity contribution < 1.29 is 9.53 Å². The number of anilines is 1. The summed E-state index contributed by atoms with van der Waals surface area (Å²) in [6.07, 6.45) is 3.25. The van der Waals surface area contributed by atoms with Gasteiger partial charge >= 0.3 is 5.97 Å². The standard InChI is InChI=1S/C16H21BrN2O2/c1-19-10-4-6-14(19)15(16(20)21-2)11(8-10)9-3-5-13(18)12(17)7-9/h3,5,7,10-11,14-15H,4,6,8,18H2,1-2H3/t10-,11-,14?,15+/m1/s1. The Bertz CT molecular complexity index is 563. The number of benzene rings is 1. The molecule has 2 aliphatic rings. The normalized spacial score (nSPS) is 32.1. The van der Waals surface area contributed by atoms with Crippen LogP contribution < -0.4 is 5.73 Å². The Labute approximate surface area is 133 Å². The highest BCUT2D eigenvalue weighted by atomic mass is 79.9. The first-order chi connectivity index (χ1) is 10.0. The highest BCUT2D eigenvalue weighted by Gasteiger charge is 2.49. The zero-order chi connectivity index (χ0) is 15.1. The molecule has 2 saturated heterocycles. The number of carbonyl (C=O) groups excluding carboxylic acids is 1. The lowest BCUT2D eigenvalue weighted by molar-refractivity contribution is -0.150. The number of rotatable bonds is 2. The third-order valence-electron chi connectivity index (χ3n) is 5.19. The largest absolute Gasteiger partial charge is 0.469 e. The third-order valence-corrected chi connectivity index (χ3v) is 5.88. The van der Waals surface area contributed by atoms with Crippen molar-refractivity contribution >= 4 is 27.6 Å². The molecule has 4 nitrogen and oxygen atoms in total. The van der Waals surface area contributed by atoms with Crippen molar-refractivity contribution in [2.45, 2.75) is 37.3 Å². The Balaban J connectivity index is 1.98. The van der Waals surface area contributed by atoms with Gasteiger partial charge in [-0.2, -0.15) is 0 Å². The van der Waals surface area contributed by atoms with Crippen molar-refractivity contribution in [3.05, 3.63) is 28.2 Å². The smallest absolute Gasteiger partial charge is 0.310 e. The number of nitrogens with two attached hydrogens (primary N) is 1. The fourth-order valence-corrected chi connectivity index (χ4v) is 4.44. The molecule has 1 unspecified atom stereocenters. The summed E-state index contributed by atoms with van der Waals surface area (Å²) < 4.78 is 5.99. The van der Waals surface area contributed by atoms with E-state index in [4.69, 9.17) is 10.5 Å². The average Bonchev–Trinajstić information content (AvgIpc) is 2.72. The molecule has 0 radical (unpaired) electrons. The van der Waals surface area contributed by atoms with Crippen LogP contribution in [-0.2, 0) is 9.53 Å². The van der Waals surface area contributed by atoms with Crippen LogP contribution in [0.1, 0.15) is 30.7 Å². The molecule has 3 rings (SSSR count). The first kappa shape index (κ1) is 14.9. The van der Waals surface area contributed by atoms with E-state index in [9.17, 15) is 4.79 Å². The van der Waals surface area contributed by atoms with E-state index >= 15 is 0 Å². The number of esters is 1. The molecular formula is C16H21BrN2O2. The summed E-state index contributed by atoms with van der Waals surface area (Å²) in [5.74, 6) is 0.0301. The van der Waals surface area contributed by atoms with Crippen LogP contribution in [0.5, 0.6) is 0 Å². The SMILES string of the molecule is COC(=O)[C@@H]1C2CC[C@H](C[C@@H]1c1ccc(N)c(Br)c1)N2C. The van der Waals surface area contributed by atoms with Crippen molar-refractivity contribution in [2.24, 2.45) is 5.92 Å². The van der Waals surface area contributed by atoms with Gasteiger partial charge in [0, 0.05) is 28.2 Å². The monoisotopic (exact) mass is 352 g/mol. The van der Waals surface area contributed by atoms with Gasteiger partial charge in [-0.3, -0.25) is 9.69 Å². The molecule has 0 amide bonds. The van der Waals surface area contributed by atoms with E-state index in [2.05, 4.69) is 33.9 Å². The fraction of sp³-hybridized carbons (Fsp3) is 0.562. The van der Waals surface area contributed by atoms with Gasteiger partial charge in [0.15, 0.2) is 0 Å². The zero-order valence-corrected chi connectivity index (χ0v) is 14.0. The average molecular weight is 353 g/mol. The number of nitrogens with zero attached hydrogens (tertiary/aromatic N) is 1. The molecule has 0 aromatic heterocycles. The van der Waals surface area contributed by atoms with Crippen molar-refractivity contribution in [3.63, 3.8) is 0 Å². The Morgan fingerprint density at radius 3 is 2.86 bits per heavy atom. The molecule has 2 aliphatic heterocycles. The van der Waals surface area contributed by atoms with Crippen LogP contribution in [0, 0.1) is 5.92 Å². The third kappa shape index (κ3) is 2.46. The highest BCUT2D eigenvalue weighted by Crippen LogP contribution is 2.47.